The number of nitrogens with zero attached hydrogens (tertiary/aromatic N) is 3. The Kier molecular flexibility index (Phi) is 4.39. The predicted octanol–water partition coefficient (Wildman–Crippen LogP) is 9.00. The molecule has 3 heterocycles. The molecule has 3 aromatic heterocycles. The van der Waals surface area contributed by atoms with Crippen molar-refractivity contribution in [2.45, 2.75) is 0 Å². The molecule has 0 N–H and O–H groups in total. The van der Waals surface area contributed by atoms with E-state index in [0.717, 1.165) is 5.13 Å². The number of rotatable bonds is 3. The molecule has 0 aliphatic rings. The van der Waals surface area contributed by atoms with E-state index < -0.39 is 0 Å². The molecule has 0 atom stereocenters. The first-order chi connectivity index (χ1) is 18.4. The maximum Gasteiger partial charge on any atom is 0.195 e. The lowest BCUT2D eigenvalue weighted by Crippen LogP contribution is -1.94. The van der Waals surface area contributed by atoms with Crippen molar-refractivity contribution in [2.24, 2.45) is 0 Å². The monoisotopic (exact) mass is 491 g/mol. The van der Waals surface area contributed by atoms with E-state index in [1.165, 1.54) is 59.7 Å². The summed E-state index contributed by atoms with van der Waals surface area (Å²) in [6.07, 6.45) is 2.00. The van der Waals surface area contributed by atoms with Crippen molar-refractivity contribution in [1.82, 2.24) is 14.1 Å². The van der Waals surface area contributed by atoms with Gasteiger partial charge in [0.15, 0.2) is 5.13 Å². The molecular weight excluding hydrogens is 470 g/mol. The summed E-state index contributed by atoms with van der Waals surface area (Å²) in [4.78, 5) is 6.08. The van der Waals surface area contributed by atoms with Crippen molar-refractivity contribution in [2.75, 3.05) is 0 Å². The van der Waals surface area contributed by atoms with Gasteiger partial charge in [0, 0.05) is 33.4 Å². The number of aromatic nitrogens is 3. The van der Waals surface area contributed by atoms with Gasteiger partial charge in [0.25, 0.3) is 0 Å². The fraction of sp³-hybridized carbons (Fsp3) is 0. The summed E-state index contributed by atoms with van der Waals surface area (Å²) >= 11 is 1.73. The summed E-state index contributed by atoms with van der Waals surface area (Å²) in [6, 6.07) is 43.1. The number of hydrogen-bond acceptors (Lipinski definition) is 2. The van der Waals surface area contributed by atoms with Crippen LogP contribution in [0.3, 0.4) is 0 Å². The highest BCUT2D eigenvalue weighted by Crippen LogP contribution is 2.43. The van der Waals surface area contributed by atoms with E-state index in [0.29, 0.717) is 0 Å². The molecule has 0 saturated heterocycles. The van der Waals surface area contributed by atoms with Crippen molar-refractivity contribution >= 4 is 54.9 Å². The molecule has 5 aromatic carbocycles. The van der Waals surface area contributed by atoms with Crippen LogP contribution < -0.4 is 0 Å². The highest BCUT2D eigenvalue weighted by Gasteiger charge is 2.21. The normalized spacial score (nSPS) is 11.8. The van der Waals surface area contributed by atoms with Crippen molar-refractivity contribution in [3.63, 3.8) is 0 Å². The molecule has 8 aromatic rings. The van der Waals surface area contributed by atoms with Gasteiger partial charge in [0.05, 0.1) is 26.9 Å². The molecule has 3 nitrogen and oxygen atoms in total. The minimum Gasteiger partial charge on any atom is -0.309 e. The van der Waals surface area contributed by atoms with Crippen LogP contribution in [0.1, 0.15) is 0 Å². The van der Waals surface area contributed by atoms with Crippen LogP contribution in [-0.2, 0) is 0 Å². The van der Waals surface area contributed by atoms with Crippen molar-refractivity contribution < 1.29 is 0 Å². The minimum atomic E-state index is 0.983. The summed E-state index contributed by atoms with van der Waals surface area (Å²) in [5.41, 5.74) is 7.15. The van der Waals surface area contributed by atoms with Gasteiger partial charge in [-0.05, 0) is 42.0 Å². The van der Waals surface area contributed by atoms with Gasteiger partial charge < -0.3 is 4.57 Å². The average molecular weight is 492 g/mol. The molecule has 0 unspecified atom stereocenters. The highest BCUT2D eigenvalue weighted by atomic mass is 32.1. The number of benzene rings is 5. The zero-order chi connectivity index (χ0) is 24.3. The predicted molar refractivity (Wildman–Crippen MR) is 156 cm³/mol. The summed E-state index contributed by atoms with van der Waals surface area (Å²) in [6.45, 7) is 0. The van der Waals surface area contributed by atoms with Crippen LogP contribution in [0.25, 0.3) is 64.9 Å². The second-order valence-corrected chi connectivity index (χ2v) is 10.3. The van der Waals surface area contributed by atoms with Gasteiger partial charge in [-0.15, -0.1) is 0 Å². The quantitative estimate of drug-likeness (QED) is 0.242. The topological polar surface area (TPSA) is 22.8 Å². The first kappa shape index (κ1) is 20.5. The maximum atomic E-state index is 4.91. The third kappa shape index (κ3) is 2.97. The second-order valence-electron chi connectivity index (χ2n) is 9.27. The Labute approximate surface area is 217 Å². The summed E-state index contributed by atoms with van der Waals surface area (Å²) in [5.74, 6) is 0. The Balaban J connectivity index is 1.50. The fourth-order valence-corrected chi connectivity index (χ4v) is 6.63. The zero-order valence-corrected chi connectivity index (χ0v) is 20.7. The van der Waals surface area contributed by atoms with Gasteiger partial charge in [-0.1, -0.05) is 96.3 Å². The van der Waals surface area contributed by atoms with Crippen molar-refractivity contribution in [3.8, 4) is 21.3 Å². The molecule has 0 saturated carbocycles. The van der Waals surface area contributed by atoms with Crippen LogP contribution in [0.2, 0.25) is 0 Å². The van der Waals surface area contributed by atoms with E-state index in [2.05, 4.69) is 130 Å². The average Bonchev–Trinajstić information content (AvgIpc) is 3.66. The summed E-state index contributed by atoms with van der Waals surface area (Å²) in [5, 5.41) is 6.05. The van der Waals surface area contributed by atoms with Crippen LogP contribution in [0, 0.1) is 0 Å². The highest BCUT2D eigenvalue weighted by molar-refractivity contribution is 7.17. The number of fused-ring (bicyclic) bond motifs is 7. The lowest BCUT2D eigenvalue weighted by molar-refractivity contribution is 1.13. The minimum absolute atomic E-state index is 0.983. The van der Waals surface area contributed by atoms with Gasteiger partial charge >= 0.3 is 0 Å². The van der Waals surface area contributed by atoms with E-state index in [9.17, 15) is 0 Å². The number of hydrogen-bond donors (Lipinski definition) is 0. The molecule has 0 radical (unpaired) electrons. The van der Waals surface area contributed by atoms with Crippen LogP contribution in [0.4, 0.5) is 0 Å². The molecule has 0 aliphatic heterocycles. The SMILES string of the molecule is c1ccc(-c2cnc(-n3c4ccccc4c4c5c6ccccc6n(-c6ccccc6)c5ccc43)s2)cc1. The van der Waals surface area contributed by atoms with E-state index >= 15 is 0 Å². The van der Waals surface area contributed by atoms with Crippen LogP contribution >= 0.6 is 11.3 Å². The Hall–Kier alpha value is -4.67. The van der Waals surface area contributed by atoms with Gasteiger partial charge in [0.1, 0.15) is 0 Å². The first-order valence-electron chi connectivity index (χ1n) is 12.4. The van der Waals surface area contributed by atoms with Gasteiger partial charge in [-0.2, -0.15) is 0 Å². The fourth-order valence-electron chi connectivity index (χ4n) is 5.68. The molecule has 174 valence electrons. The van der Waals surface area contributed by atoms with Crippen molar-refractivity contribution in [1.29, 1.82) is 0 Å². The maximum absolute atomic E-state index is 4.91. The van der Waals surface area contributed by atoms with Crippen molar-refractivity contribution in [3.05, 3.63) is 128 Å². The van der Waals surface area contributed by atoms with Gasteiger partial charge in [-0.25, -0.2) is 4.98 Å². The summed E-state index contributed by atoms with van der Waals surface area (Å²) in [7, 11) is 0. The standard InChI is InChI=1S/C33H21N3S/c1-3-11-22(12-4-1)30-21-34-33(37-30)36-27-18-10-8-16-25(27)32-29(36)20-19-28-31(32)24-15-7-9-17-26(24)35(28)23-13-5-2-6-14-23/h1-21H. The molecule has 8 rings (SSSR count). The van der Waals surface area contributed by atoms with Gasteiger partial charge in [0.2, 0.25) is 0 Å². The molecule has 0 amide bonds. The molecule has 4 heteroatoms. The third-order valence-electron chi connectivity index (χ3n) is 7.23. The third-order valence-corrected chi connectivity index (χ3v) is 8.26. The zero-order valence-electron chi connectivity index (χ0n) is 19.9. The van der Waals surface area contributed by atoms with E-state index in [-0.39, 0.29) is 0 Å². The lowest BCUT2D eigenvalue weighted by atomic mass is 10.1. The Bertz CT molecular complexity index is 2080. The van der Waals surface area contributed by atoms with E-state index in [4.69, 9.17) is 4.98 Å². The van der Waals surface area contributed by atoms with E-state index in [1.807, 2.05) is 6.20 Å². The summed E-state index contributed by atoms with van der Waals surface area (Å²) < 4.78 is 4.71. The Morgan fingerprint density at radius 3 is 1.70 bits per heavy atom. The Morgan fingerprint density at radius 1 is 0.486 bits per heavy atom. The van der Waals surface area contributed by atoms with Gasteiger partial charge in [-0.3, -0.25) is 4.57 Å². The molecule has 0 spiro atoms. The van der Waals surface area contributed by atoms with E-state index in [1.54, 1.807) is 11.3 Å². The molecule has 0 bridgehead atoms. The number of thiazole rings is 1. The number of para-hydroxylation sites is 3. The van der Waals surface area contributed by atoms with Crippen LogP contribution in [0.5, 0.6) is 0 Å². The molecule has 0 aliphatic carbocycles. The first-order valence-corrected chi connectivity index (χ1v) is 13.2. The van der Waals surface area contributed by atoms with Crippen LogP contribution in [0.15, 0.2) is 128 Å². The molecule has 37 heavy (non-hydrogen) atoms. The molecule has 0 fully saturated rings. The molecular formula is C33H21N3S. The lowest BCUT2D eigenvalue weighted by Gasteiger charge is -2.08. The largest absolute Gasteiger partial charge is 0.309 e. The smallest absolute Gasteiger partial charge is 0.195 e. The van der Waals surface area contributed by atoms with Crippen LogP contribution in [-0.4, -0.2) is 14.1 Å². The second kappa shape index (κ2) is 7.92. The Morgan fingerprint density at radius 2 is 1.03 bits per heavy atom.